The van der Waals surface area contributed by atoms with Gasteiger partial charge in [-0.3, -0.25) is 4.90 Å². The number of carbonyl (C=O) groups is 1. The second-order valence-corrected chi connectivity index (χ2v) is 5.98. The molecule has 6 nitrogen and oxygen atoms in total. The molecular weight excluding hydrogens is 313 g/mol. The highest BCUT2D eigenvalue weighted by Gasteiger charge is 2.37. The maximum atomic E-state index is 12.9. The zero-order valence-electron chi connectivity index (χ0n) is 12.5. The number of alkyl halides is 3. The average molecular weight is 330 g/mol. The molecule has 0 spiro atoms. The Hall–Kier alpha value is -2.03. The summed E-state index contributed by atoms with van der Waals surface area (Å²) in [6.45, 7) is 1.99. The van der Waals surface area contributed by atoms with Crippen LogP contribution in [0.5, 0.6) is 0 Å². The van der Waals surface area contributed by atoms with Crippen LogP contribution in [-0.2, 0) is 12.7 Å². The van der Waals surface area contributed by atoms with Crippen LogP contribution < -0.4 is 4.90 Å². The number of likely N-dealkylation sites (N-methyl/N-ethyl adjacent to an activating group) is 1. The van der Waals surface area contributed by atoms with Gasteiger partial charge in [0.2, 0.25) is 0 Å². The van der Waals surface area contributed by atoms with Crippen LogP contribution in [0.15, 0.2) is 12.3 Å². The molecule has 0 aliphatic carbocycles. The molecule has 1 atom stereocenters. The molecule has 1 aromatic rings. The normalized spacial score (nSPS) is 22.3. The molecule has 1 amide bonds. The van der Waals surface area contributed by atoms with E-state index in [0.717, 1.165) is 12.3 Å². The summed E-state index contributed by atoms with van der Waals surface area (Å²) in [5.74, 6) is 0.525. The number of aromatic nitrogens is 1. The van der Waals surface area contributed by atoms with Crippen LogP contribution >= 0.6 is 0 Å². The minimum atomic E-state index is -4.42. The number of hydrogen-bond donors (Lipinski definition) is 1. The van der Waals surface area contributed by atoms with Gasteiger partial charge in [0.15, 0.2) is 0 Å². The Morgan fingerprint density at radius 2 is 2.09 bits per heavy atom. The van der Waals surface area contributed by atoms with E-state index in [1.807, 2.05) is 16.8 Å². The maximum Gasteiger partial charge on any atom is 0.417 e. The molecule has 1 aromatic heterocycles. The molecule has 126 valence electrons. The fourth-order valence-electron chi connectivity index (χ4n) is 3.21. The smallest absolute Gasteiger partial charge is 0.417 e. The largest absolute Gasteiger partial charge is 0.465 e. The molecule has 3 heterocycles. The summed E-state index contributed by atoms with van der Waals surface area (Å²) < 4.78 is 38.7. The van der Waals surface area contributed by atoms with Gasteiger partial charge in [-0.15, -0.1) is 0 Å². The first-order chi connectivity index (χ1) is 10.8. The van der Waals surface area contributed by atoms with Gasteiger partial charge in [-0.05, 0) is 13.1 Å². The molecule has 0 radical (unpaired) electrons. The van der Waals surface area contributed by atoms with Gasteiger partial charge in [0.05, 0.1) is 11.6 Å². The van der Waals surface area contributed by atoms with Gasteiger partial charge in [-0.2, -0.15) is 13.2 Å². The van der Waals surface area contributed by atoms with E-state index in [1.54, 1.807) is 0 Å². The Balaban J connectivity index is 1.95. The highest BCUT2D eigenvalue weighted by molar-refractivity contribution is 5.66. The van der Waals surface area contributed by atoms with Crippen LogP contribution in [0.4, 0.5) is 23.8 Å². The molecule has 1 fully saturated rings. The van der Waals surface area contributed by atoms with Crippen molar-refractivity contribution in [2.24, 2.45) is 0 Å². The quantitative estimate of drug-likeness (QED) is 0.785. The summed E-state index contributed by atoms with van der Waals surface area (Å²) >= 11 is 0. The highest BCUT2D eigenvalue weighted by Crippen LogP contribution is 2.34. The van der Waals surface area contributed by atoms with Crippen LogP contribution in [0.25, 0.3) is 0 Å². The highest BCUT2D eigenvalue weighted by atomic mass is 19.4. The van der Waals surface area contributed by atoms with Crippen molar-refractivity contribution in [1.29, 1.82) is 0 Å². The number of piperazine rings is 1. The van der Waals surface area contributed by atoms with Gasteiger partial charge in [-0.25, -0.2) is 9.78 Å². The molecule has 2 aliphatic rings. The van der Waals surface area contributed by atoms with Gasteiger partial charge in [0, 0.05) is 44.5 Å². The zero-order valence-corrected chi connectivity index (χ0v) is 12.5. The van der Waals surface area contributed by atoms with Crippen LogP contribution in [0.2, 0.25) is 0 Å². The van der Waals surface area contributed by atoms with Gasteiger partial charge in [0.25, 0.3) is 0 Å². The summed E-state index contributed by atoms with van der Waals surface area (Å²) in [5.41, 5.74) is -0.235. The fourth-order valence-corrected chi connectivity index (χ4v) is 3.21. The Labute approximate surface area is 131 Å². The molecule has 1 saturated heterocycles. The second-order valence-electron chi connectivity index (χ2n) is 5.98. The van der Waals surface area contributed by atoms with Crippen LogP contribution in [-0.4, -0.2) is 65.3 Å². The first-order valence-corrected chi connectivity index (χ1v) is 7.25. The third-order valence-electron chi connectivity index (χ3n) is 4.26. The van der Waals surface area contributed by atoms with Crippen LogP contribution in [0.1, 0.15) is 11.1 Å². The van der Waals surface area contributed by atoms with Crippen molar-refractivity contribution in [2.45, 2.75) is 18.8 Å². The Kier molecular flexibility index (Phi) is 3.83. The predicted octanol–water partition coefficient (Wildman–Crippen LogP) is 1.71. The molecule has 0 saturated carbocycles. The van der Waals surface area contributed by atoms with Crippen molar-refractivity contribution in [1.82, 2.24) is 14.8 Å². The van der Waals surface area contributed by atoms with E-state index in [4.69, 9.17) is 5.11 Å². The molecular formula is C14H17F3N4O2. The molecule has 1 N–H and O–H groups in total. The number of fused-ring (bicyclic) bond motifs is 3. The van der Waals surface area contributed by atoms with Crippen molar-refractivity contribution in [3.8, 4) is 0 Å². The number of halogens is 3. The van der Waals surface area contributed by atoms with E-state index in [1.165, 1.54) is 4.90 Å². The minimum absolute atomic E-state index is 0.115. The van der Waals surface area contributed by atoms with E-state index >= 15 is 0 Å². The molecule has 3 rings (SSSR count). The molecule has 2 aliphatic heterocycles. The van der Waals surface area contributed by atoms with E-state index in [0.29, 0.717) is 44.1 Å². The maximum absolute atomic E-state index is 12.9. The third kappa shape index (κ3) is 3.05. The third-order valence-corrected chi connectivity index (χ3v) is 4.26. The molecule has 9 heteroatoms. The number of hydrogen-bond acceptors (Lipinski definition) is 4. The predicted molar refractivity (Wildman–Crippen MR) is 76.3 cm³/mol. The minimum Gasteiger partial charge on any atom is -0.465 e. The zero-order chi connectivity index (χ0) is 16.8. The molecule has 23 heavy (non-hydrogen) atoms. The van der Waals surface area contributed by atoms with E-state index in [2.05, 4.69) is 4.98 Å². The summed E-state index contributed by atoms with van der Waals surface area (Å²) in [5, 5.41) is 9.14. The first-order valence-electron chi connectivity index (χ1n) is 7.25. The van der Waals surface area contributed by atoms with Gasteiger partial charge < -0.3 is 14.9 Å². The van der Waals surface area contributed by atoms with Gasteiger partial charge >= 0.3 is 12.3 Å². The molecule has 0 aromatic carbocycles. The van der Waals surface area contributed by atoms with E-state index in [9.17, 15) is 18.0 Å². The Bertz CT molecular complexity index is 623. The standard InChI is InChI=1S/C14H17F3N4O2/c1-19-6-9-4-10(14(15,16)17)5-18-12(9)21-3-2-20(13(22)23)8-11(21)7-19/h4-5,11H,2-3,6-8H2,1H3,(H,22,23)/t11-/m0/s1. The SMILES string of the molecule is CN1Cc2cc(C(F)(F)F)cnc2N2CCN(C(=O)O)C[C@@H]2C1. The van der Waals surface area contributed by atoms with Crippen LogP contribution in [0, 0.1) is 0 Å². The summed E-state index contributed by atoms with van der Waals surface area (Å²) in [6, 6.07) is 1.03. The lowest BCUT2D eigenvalue weighted by molar-refractivity contribution is -0.137. The lowest BCUT2D eigenvalue weighted by atomic mass is 10.1. The number of amides is 1. The van der Waals surface area contributed by atoms with Gasteiger partial charge in [0.1, 0.15) is 5.82 Å². The van der Waals surface area contributed by atoms with Crippen molar-refractivity contribution in [2.75, 3.05) is 38.1 Å². The van der Waals surface area contributed by atoms with Crippen molar-refractivity contribution >= 4 is 11.9 Å². The summed E-state index contributed by atoms with van der Waals surface area (Å²) in [6.07, 6.45) is -4.55. The van der Waals surface area contributed by atoms with E-state index < -0.39 is 17.8 Å². The monoisotopic (exact) mass is 330 g/mol. The number of rotatable bonds is 0. The second kappa shape index (κ2) is 5.55. The fraction of sp³-hybridized carbons (Fsp3) is 0.571. The number of nitrogens with zero attached hydrogens (tertiary/aromatic N) is 4. The lowest BCUT2D eigenvalue weighted by Crippen LogP contribution is -2.57. The lowest BCUT2D eigenvalue weighted by Gasteiger charge is -2.41. The van der Waals surface area contributed by atoms with Crippen molar-refractivity contribution in [3.63, 3.8) is 0 Å². The Morgan fingerprint density at radius 3 is 2.74 bits per heavy atom. The molecule has 0 bridgehead atoms. The summed E-state index contributed by atoms with van der Waals surface area (Å²) in [7, 11) is 1.81. The molecule has 0 unspecified atom stereocenters. The van der Waals surface area contributed by atoms with Gasteiger partial charge in [-0.1, -0.05) is 0 Å². The topological polar surface area (TPSA) is 59.9 Å². The first kappa shape index (κ1) is 15.9. The van der Waals surface area contributed by atoms with Crippen molar-refractivity contribution < 1.29 is 23.1 Å². The number of carboxylic acid groups (broad SMARTS) is 1. The van der Waals surface area contributed by atoms with E-state index in [-0.39, 0.29) is 6.04 Å². The summed E-state index contributed by atoms with van der Waals surface area (Å²) in [4.78, 5) is 20.4. The number of pyridine rings is 1. The average Bonchev–Trinajstić information content (AvgIpc) is 2.59. The van der Waals surface area contributed by atoms with Crippen molar-refractivity contribution in [3.05, 3.63) is 23.4 Å². The Morgan fingerprint density at radius 1 is 1.35 bits per heavy atom. The van der Waals surface area contributed by atoms with Crippen LogP contribution in [0.3, 0.4) is 0 Å². The number of anilines is 1.